The highest BCUT2D eigenvalue weighted by Gasteiger charge is 2.23. The van der Waals surface area contributed by atoms with Crippen LogP contribution in [0.25, 0.3) is 11.3 Å². The number of amides is 1. The van der Waals surface area contributed by atoms with Crippen LogP contribution in [0.4, 0.5) is 10.2 Å². The van der Waals surface area contributed by atoms with Gasteiger partial charge >= 0.3 is 0 Å². The van der Waals surface area contributed by atoms with E-state index in [1.807, 2.05) is 17.9 Å². The molecule has 2 aromatic heterocycles. The Morgan fingerprint density at radius 1 is 1.06 bits per heavy atom. The number of benzene rings is 1. The minimum Gasteiger partial charge on any atom is -0.481 e. The summed E-state index contributed by atoms with van der Waals surface area (Å²) >= 11 is 0. The van der Waals surface area contributed by atoms with Crippen molar-refractivity contribution in [2.24, 2.45) is 0 Å². The molecule has 1 aliphatic heterocycles. The number of ether oxygens (including phenoxy) is 1. The molecule has 3 heterocycles. The molecule has 8 nitrogen and oxygen atoms in total. The molecule has 1 aliphatic rings. The van der Waals surface area contributed by atoms with E-state index >= 15 is 0 Å². The van der Waals surface area contributed by atoms with Gasteiger partial charge in [0.05, 0.1) is 12.8 Å². The number of halogens is 1. The van der Waals surface area contributed by atoms with E-state index in [1.54, 1.807) is 43.8 Å². The van der Waals surface area contributed by atoms with Crippen LogP contribution in [-0.4, -0.2) is 63.8 Å². The lowest BCUT2D eigenvalue weighted by Gasteiger charge is -2.35. The van der Waals surface area contributed by atoms with Gasteiger partial charge in [0.25, 0.3) is 0 Å². The van der Waals surface area contributed by atoms with Crippen molar-refractivity contribution in [3.05, 3.63) is 53.2 Å². The largest absolute Gasteiger partial charge is 0.481 e. The Balaban J connectivity index is 1.44. The molecule has 0 unspecified atom stereocenters. The number of piperazine rings is 1. The average Bonchev–Trinajstić information content (AvgIpc) is 3.25. The second-order valence-corrected chi connectivity index (χ2v) is 8.24. The first-order chi connectivity index (χ1) is 15.9. The van der Waals surface area contributed by atoms with Crippen LogP contribution in [0.2, 0.25) is 0 Å². The first-order valence-corrected chi connectivity index (χ1v) is 11.1. The van der Waals surface area contributed by atoms with Crippen LogP contribution in [0.3, 0.4) is 0 Å². The van der Waals surface area contributed by atoms with Gasteiger partial charge in [0.1, 0.15) is 24.5 Å². The third-order valence-electron chi connectivity index (χ3n) is 6.04. The molecular weight excluding hydrogens is 423 g/mol. The Bertz CT molecular complexity index is 1130. The standard InChI is InChI=1S/C24H29FN6O2/c1-5-19-12-20(18-10-16(2)24(25)17(3)11-18)28-31(19)14-23(32)30-8-6-29(7-9-30)21-13-22(33-4)27-15-26-21/h10-13,15H,5-9,14H2,1-4H3. The molecule has 0 N–H and O–H groups in total. The lowest BCUT2D eigenvalue weighted by Crippen LogP contribution is -2.50. The van der Waals surface area contributed by atoms with Crippen LogP contribution in [0.1, 0.15) is 23.7 Å². The van der Waals surface area contributed by atoms with Crippen molar-refractivity contribution < 1.29 is 13.9 Å². The van der Waals surface area contributed by atoms with Crippen molar-refractivity contribution in [3.8, 4) is 17.1 Å². The second-order valence-electron chi connectivity index (χ2n) is 8.24. The molecule has 1 aromatic carbocycles. The number of aryl methyl sites for hydroxylation is 3. The number of nitrogens with zero attached hydrogens (tertiary/aromatic N) is 6. The van der Waals surface area contributed by atoms with Gasteiger partial charge in [-0.3, -0.25) is 9.48 Å². The maximum atomic E-state index is 14.0. The normalized spacial score (nSPS) is 14.0. The van der Waals surface area contributed by atoms with E-state index in [0.29, 0.717) is 43.2 Å². The highest BCUT2D eigenvalue weighted by Crippen LogP contribution is 2.25. The fourth-order valence-corrected chi connectivity index (χ4v) is 4.14. The van der Waals surface area contributed by atoms with Crippen LogP contribution >= 0.6 is 0 Å². The Kier molecular flexibility index (Phi) is 6.57. The third-order valence-corrected chi connectivity index (χ3v) is 6.04. The fraction of sp³-hybridized carbons (Fsp3) is 0.417. The number of aromatic nitrogens is 4. The molecular formula is C24H29FN6O2. The maximum absolute atomic E-state index is 14.0. The van der Waals surface area contributed by atoms with E-state index < -0.39 is 0 Å². The summed E-state index contributed by atoms with van der Waals surface area (Å²) in [5, 5.41) is 4.69. The Hall–Kier alpha value is -3.49. The molecule has 0 saturated carbocycles. The lowest BCUT2D eigenvalue weighted by atomic mass is 10.0. The van der Waals surface area contributed by atoms with Crippen molar-refractivity contribution in [2.45, 2.75) is 33.7 Å². The van der Waals surface area contributed by atoms with Gasteiger partial charge in [0.15, 0.2) is 0 Å². The number of rotatable bonds is 6. The van der Waals surface area contributed by atoms with E-state index in [9.17, 15) is 9.18 Å². The SMILES string of the molecule is CCc1cc(-c2cc(C)c(F)c(C)c2)nn1CC(=O)N1CCN(c2cc(OC)ncn2)CC1. The smallest absolute Gasteiger partial charge is 0.244 e. The zero-order chi connectivity index (χ0) is 23.5. The molecule has 9 heteroatoms. The highest BCUT2D eigenvalue weighted by molar-refractivity contribution is 5.76. The van der Waals surface area contributed by atoms with Crippen molar-refractivity contribution in [1.82, 2.24) is 24.6 Å². The molecule has 174 valence electrons. The summed E-state index contributed by atoms with van der Waals surface area (Å²) in [4.78, 5) is 25.4. The molecule has 0 atom stereocenters. The summed E-state index contributed by atoms with van der Waals surface area (Å²) in [7, 11) is 1.58. The van der Waals surface area contributed by atoms with Crippen LogP contribution < -0.4 is 9.64 Å². The van der Waals surface area contributed by atoms with Gasteiger partial charge < -0.3 is 14.5 Å². The minimum absolute atomic E-state index is 0.0331. The summed E-state index contributed by atoms with van der Waals surface area (Å²) in [5.41, 5.74) is 3.78. The van der Waals surface area contributed by atoms with E-state index in [-0.39, 0.29) is 18.3 Å². The molecule has 1 amide bonds. The van der Waals surface area contributed by atoms with E-state index in [1.165, 1.54) is 6.33 Å². The van der Waals surface area contributed by atoms with E-state index in [0.717, 1.165) is 29.2 Å². The first kappa shape index (κ1) is 22.7. The van der Waals surface area contributed by atoms with Crippen molar-refractivity contribution in [2.75, 3.05) is 38.2 Å². The monoisotopic (exact) mass is 452 g/mol. The molecule has 1 fully saturated rings. The van der Waals surface area contributed by atoms with Crippen LogP contribution in [-0.2, 0) is 17.8 Å². The summed E-state index contributed by atoms with van der Waals surface area (Å²) < 4.78 is 21.0. The molecule has 0 spiro atoms. The Labute approximate surface area is 193 Å². The lowest BCUT2D eigenvalue weighted by molar-refractivity contribution is -0.132. The molecule has 3 aromatic rings. The van der Waals surface area contributed by atoms with Gasteiger partial charge in [-0.1, -0.05) is 6.92 Å². The van der Waals surface area contributed by atoms with Gasteiger partial charge in [0.2, 0.25) is 11.8 Å². The predicted octanol–water partition coefficient (Wildman–Crippen LogP) is 3.02. The van der Waals surface area contributed by atoms with Crippen LogP contribution in [0.5, 0.6) is 5.88 Å². The van der Waals surface area contributed by atoms with Gasteiger partial charge in [-0.2, -0.15) is 5.10 Å². The second kappa shape index (κ2) is 9.56. The summed E-state index contributed by atoms with van der Waals surface area (Å²) in [6.45, 7) is 8.32. The number of hydrogen-bond acceptors (Lipinski definition) is 6. The van der Waals surface area contributed by atoms with E-state index in [2.05, 4.69) is 20.0 Å². The molecule has 1 saturated heterocycles. The maximum Gasteiger partial charge on any atom is 0.244 e. The summed E-state index contributed by atoms with van der Waals surface area (Å²) in [5.74, 6) is 1.16. The highest BCUT2D eigenvalue weighted by atomic mass is 19.1. The number of hydrogen-bond donors (Lipinski definition) is 0. The summed E-state index contributed by atoms with van der Waals surface area (Å²) in [6, 6.07) is 7.39. The van der Waals surface area contributed by atoms with Crippen LogP contribution in [0.15, 0.2) is 30.6 Å². The molecule has 0 aliphatic carbocycles. The van der Waals surface area contributed by atoms with E-state index in [4.69, 9.17) is 4.74 Å². The number of anilines is 1. The van der Waals surface area contributed by atoms with Crippen molar-refractivity contribution >= 4 is 11.7 Å². The molecule has 33 heavy (non-hydrogen) atoms. The third kappa shape index (κ3) is 4.81. The number of methoxy groups -OCH3 is 1. The van der Waals surface area contributed by atoms with Gasteiger partial charge in [-0.05, 0) is 49.6 Å². The van der Waals surface area contributed by atoms with Crippen LogP contribution in [0, 0.1) is 19.7 Å². The summed E-state index contributed by atoms with van der Waals surface area (Å²) in [6.07, 6.45) is 2.24. The van der Waals surface area contributed by atoms with Gasteiger partial charge in [-0.25, -0.2) is 14.4 Å². The topological polar surface area (TPSA) is 76.4 Å². The van der Waals surface area contributed by atoms with Gasteiger partial charge in [0, 0.05) is 43.5 Å². The molecule has 0 bridgehead atoms. The van der Waals surface area contributed by atoms with Gasteiger partial charge in [-0.15, -0.1) is 0 Å². The fourth-order valence-electron chi connectivity index (χ4n) is 4.14. The average molecular weight is 453 g/mol. The molecule has 4 rings (SSSR count). The zero-order valence-corrected chi connectivity index (χ0v) is 19.5. The minimum atomic E-state index is -0.191. The number of carbonyl (C=O) groups is 1. The Morgan fingerprint density at radius 2 is 1.76 bits per heavy atom. The van der Waals surface area contributed by atoms with Crippen molar-refractivity contribution in [1.29, 1.82) is 0 Å². The quantitative estimate of drug-likeness (QED) is 0.572. The number of carbonyl (C=O) groups excluding carboxylic acids is 1. The Morgan fingerprint density at radius 3 is 2.39 bits per heavy atom. The van der Waals surface area contributed by atoms with Crippen molar-refractivity contribution in [3.63, 3.8) is 0 Å². The zero-order valence-electron chi connectivity index (χ0n) is 19.5. The molecule has 0 radical (unpaired) electrons. The predicted molar refractivity (Wildman–Crippen MR) is 124 cm³/mol. The first-order valence-electron chi connectivity index (χ1n) is 11.1.